The minimum absolute atomic E-state index is 0.264. The zero-order valence-corrected chi connectivity index (χ0v) is 20.1. The third kappa shape index (κ3) is 5.75. The average Bonchev–Trinajstić information content (AvgIpc) is 3.38. The van der Waals surface area contributed by atoms with E-state index in [0.717, 1.165) is 28.9 Å². The van der Waals surface area contributed by atoms with Gasteiger partial charge in [-0.1, -0.05) is 30.3 Å². The molecule has 1 aliphatic heterocycles. The van der Waals surface area contributed by atoms with E-state index in [2.05, 4.69) is 36.7 Å². The number of carbonyl (C=O) groups is 2. The summed E-state index contributed by atoms with van der Waals surface area (Å²) >= 11 is 1.75. The normalized spacial score (nSPS) is 19.3. The molecule has 2 amide bonds. The number of rotatable bonds is 9. The number of β-amino-alcohol motifs (C(OH)–C–C–N with tert-alkyl or cyclic N) is 1. The molecule has 1 unspecified atom stereocenters. The Kier molecular flexibility index (Phi) is 7.81. The molecule has 1 saturated heterocycles. The summed E-state index contributed by atoms with van der Waals surface area (Å²) in [6, 6.07) is 8.80. The Hall–Kier alpha value is -2.95. The maximum atomic E-state index is 13.1. The number of likely N-dealkylation sites (tertiary alicyclic amines) is 1. The van der Waals surface area contributed by atoms with E-state index in [1.165, 1.54) is 13.3 Å². The fourth-order valence-corrected chi connectivity index (χ4v) is 5.16. The van der Waals surface area contributed by atoms with Crippen LogP contribution in [0.5, 0.6) is 0 Å². The van der Waals surface area contributed by atoms with Crippen molar-refractivity contribution in [3.63, 3.8) is 0 Å². The summed E-state index contributed by atoms with van der Waals surface area (Å²) in [7, 11) is 0. The molecule has 3 atom stereocenters. The van der Waals surface area contributed by atoms with Crippen LogP contribution in [0.25, 0.3) is 11.0 Å². The highest BCUT2D eigenvalue weighted by Gasteiger charge is 2.31. The Labute approximate surface area is 202 Å². The number of H-pyrrole nitrogens is 1. The van der Waals surface area contributed by atoms with Gasteiger partial charge >= 0.3 is 0 Å². The number of hydrogen-bond donors (Lipinski definition) is 4. The minimum atomic E-state index is -0.737. The molecule has 34 heavy (non-hydrogen) atoms. The van der Waals surface area contributed by atoms with E-state index >= 15 is 0 Å². The summed E-state index contributed by atoms with van der Waals surface area (Å²) in [6.07, 6.45) is 5.40. The van der Waals surface area contributed by atoms with Crippen molar-refractivity contribution in [2.75, 3.05) is 30.4 Å². The van der Waals surface area contributed by atoms with E-state index < -0.39 is 6.04 Å². The van der Waals surface area contributed by atoms with E-state index in [-0.39, 0.29) is 23.8 Å². The van der Waals surface area contributed by atoms with Crippen molar-refractivity contribution in [2.24, 2.45) is 5.92 Å². The SMILES string of the molecule is CSC[C@H]1CN(Cc2c[nH]c3c(NC(=O)[C@H](Cc4ccccc4)NC(C)=O)ncnc23)CC1O. The molecule has 10 heteroatoms. The van der Waals surface area contributed by atoms with E-state index in [1.54, 1.807) is 11.8 Å². The van der Waals surface area contributed by atoms with Gasteiger partial charge in [0.1, 0.15) is 17.9 Å². The average molecular weight is 483 g/mol. The highest BCUT2D eigenvalue weighted by atomic mass is 32.2. The fraction of sp³-hybridized carbons (Fsp3) is 0.417. The molecular weight excluding hydrogens is 452 g/mol. The van der Waals surface area contributed by atoms with Gasteiger partial charge in [0, 0.05) is 50.7 Å². The third-order valence-corrected chi connectivity index (χ3v) is 6.78. The Balaban J connectivity index is 1.49. The molecule has 0 radical (unpaired) electrons. The number of nitrogens with one attached hydrogen (secondary N) is 3. The zero-order chi connectivity index (χ0) is 24.1. The Bertz CT molecular complexity index is 1140. The molecule has 1 fully saturated rings. The van der Waals surface area contributed by atoms with Crippen LogP contribution in [-0.4, -0.2) is 74.0 Å². The largest absolute Gasteiger partial charge is 0.391 e. The van der Waals surface area contributed by atoms with Gasteiger partial charge in [-0.05, 0) is 17.6 Å². The number of aromatic nitrogens is 3. The second-order valence-electron chi connectivity index (χ2n) is 8.67. The van der Waals surface area contributed by atoms with Gasteiger partial charge in [-0.25, -0.2) is 9.97 Å². The Morgan fingerprint density at radius 1 is 1.26 bits per heavy atom. The van der Waals surface area contributed by atoms with Crippen LogP contribution in [-0.2, 0) is 22.6 Å². The number of thioether (sulfide) groups is 1. The van der Waals surface area contributed by atoms with Crippen LogP contribution < -0.4 is 10.6 Å². The summed E-state index contributed by atoms with van der Waals surface area (Å²) in [5, 5.41) is 15.9. The zero-order valence-electron chi connectivity index (χ0n) is 19.3. The topological polar surface area (TPSA) is 123 Å². The lowest BCUT2D eigenvalue weighted by Crippen LogP contribution is -2.44. The standard InChI is InChI=1S/C24H30N6O3S/c1-15(31)28-19(8-16-6-4-3-5-7-16)24(33)29-23-22-21(26-14-27-23)17(9-25-22)10-30-11-18(13-34-2)20(32)12-30/h3-7,9,14,18-20,25,32H,8,10-13H2,1-2H3,(H,28,31)(H,26,27,29,33)/t18-,19+,20?/m1/s1. The second kappa shape index (κ2) is 11.0. The van der Waals surface area contributed by atoms with Crippen molar-refractivity contribution in [1.82, 2.24) is 25.2 Å². The number of fused-ring (bicyclic) bond motifs is 1. The van der Waals surface area contributed by atoms with E-state index in [0.29, 0.717) is 30.8 Å². The van der Waals surface area contributed by atoms with Gasteiger partial charge in [0.2, 0.25) is 11.8 Å². The van der Waals surface area contributed by atoms with Crippen molar-refractivity contribution in [2.45, 2.75) is 32.0 Å². The molecule has 2 aromatic heterocycles. The molecule has 4 rings (SSSR count). The van der Waals surface area contributed by atoms with Gasteiger partial charge in [-0.15, -0.1) is 0 Å². The number of hydrogen-bond acceptors (Lipinski definition) is 7. The number of anilines is 1. The predicted octanol–water partition coefficient (Wildman–Crippen LogP) is 1.80. The highest BCUT2D eigenvalue weighted by Crippen LogP contribution is 2.26. The molecule has 3 heterocycles. The lowest BCUT2D eigenvalue weighted by molar-refractivity contribution is -0.125. The van der Waals surface area contributed by atoms with Gasteiger partial charge in [0.05, 0.1) is 11.6 Å². The monoisotopic (exact) mass is 482 g/mol. The molecule has 1 aliphatic rings. The van der Waals surface area contributed by atoms with E-state index in [9.17, 15) is 14.7 Å². The number of aliphatic hydroxyl groups is 1. The lowest BCUT2D eigenvalue weighted by Gasteiger charge is -2.18. The third-order valence-electron chi connectivity index (χ3n) is 6.02. The number of benzene rings is 1. The van der Waals surface area contributed by atoms with Crippen molar-refractivity contribution >= 4 is 40.4 Å². The summed E-state index contributed by atoms with van der Waals surface area (Å²) in [6.45, 7) is 3.50. The van der Waals surface area contributed by atoms with Gasteiger partial charge in [0.15, 0.2) is 5.82 Å². The van der Waals surface area contributed by atoms with Gasteiger partial charge in [-0.3, -0.25) is 14.5 Å². The molecule has 1 aromatic carbocycles. The quantitative estimate of drug-likeness (QED) is 0.367. The number of aromatic amines is 1. The second-order valence-corrected chi connectivity index (χ2v) is 9.58. The number of aliphatic hydroxyl groups excluding tert-OH is 1. The molecule has 0 spiro atoms. The van der Waals surface area contributed by atoms with Crippen molar-refractivity contribution in [3.8, 4) is 0 Å². The van der Waals surface area contributed by atoms with Crippen LogP contribution in [0, 0.1) is 5.92 Å². The number of nitrogens with zero attached hydrogens (tertiary/aromatic N) is 3. The molecule has 9 nitrogen and oxygen atoms in total. The molecule has 0 aliphatic carbocycles. The van der Waals surface area contributed by atoms with Crippen molar-refractivity contribution < 1.29 is 14.7 Å². The molecule has 180 valence electrons. The van der Waals surface area contributed by atoms with Gasteiger partial charge in [-0.2, -0.15) is 11.8 Å². The number of amides is 2. The lowest BCUT2D eigenvalue weighted by atomic mass is 10.1. The van der Waals surface area contributed by atoms with E-state index in [4.69, 9.17) is 0 Å². The van der Waals surface area contributed by atoms with Crippen LogP contribution in [0.4, 0.5) is 5.82 Å². The molecule has 0 bridgehead atoms. The van der Waals surface area contributed by atoms with Gasteiger partial charge < -0.3 is 20.7 Å². The summed E-state index contributed by atoms with van der Waals surface area (Å²) < 4.78 is 0. The fourth-order valence-electron chi connectivity index (χ4n) is 4.41. The first-order chi connectivity index (χ1) is 16.4. The van der Waals surface area contributed by atoms with Crippen molar-refractivity contribution in [3.05, 3.63) is 54.0 Å². The molecular formula is C24H30N6O3S. The van der Waals surface area contributed by atoms with Crippen LogP contribution in [0.2, 0.25) is 0 Å². The smallest absolute Gasteiger partial charge is 0.248 e. The maximum absolute atomic E-state index is 13.1. The van der Waals surface area contributed by atoms with Crippen LogP contribution >= 0.6 is 11.8 Å². The predicted molar refractivity (Wildman–Crippen MR) is 133 cm³/mol. The van der Waals surface area contributed by atoms with Gasteiger partial charge in [0.25, 0.3) is 0 Å². The minimum Gasteiger partial charge on any atom is -0.391 e. The first-order valence-electron chi connectivity index (χ1n) is 11.3. The maximum Gasteiger partial charge on any atom is 0.248 e. The summed E-state index contributed by atoms with van der Waals surface area (Å²) in [5.74, 6) is 0.935. The van der Waals surface area contributed by atoms with E-state index in [1.807, 2.05) is 36.5 Å². The van der Waals surface area contributed by atoms with Crippen LogP contribution in [0.15, 0.2) is 42.9 Å². The summed E-state index contributed by atoms with van der Waals surface area (Å²) in [4.78, 5) is 38.9. The Morgan fingerprint density at radius 3 is 2.79 bits per heavy atom. The summed E-state index contributed by atoms with van der Waals surface area (Å²) in [5.41, 5.74) is 3.28. The molecule has 4 N–H and O–H groups in total. The first kappa shape index (κ1) is 24.2. The van der Waals surface area contributed by atoms with Crippen molar-refractivity contribution in [1.29, 1.82) is 0 Å². The molecule has 3 aromatic rings. The Morgan fingerprint density at radius 2 is 2.06 bits per heavy atom. The molecule has 0 saturated carbocycles. The highest BCUT2D eigenvalue weighted by molar-refractivity contribution is 7.98. The van der Waals surface area contributed by atoms with Crippen LogP contribution in [0.1, 0.15) is 18.1 Å². The van der Waals surface area contributed by atoms with Crippen LogP contribution in [0.3, 0.4) is 0 Å². The first-order valence-corrected chi connectivity index (χ1v) is 12.7. The number of carbonyl (C=O) groups excluding carboxylic acids is 2.